The molecule has 20 heavy (non-hydrogen) atoms. The fourth-order valence-corrected chi connectivity index (χ4v) is 2.02. The van der Waals surface area contributed by atoms with Gasteiger partial charge in [0.2, 0.25) is 0 Å². The van der Waals surface area contributed by atoms with E-state index in [0.29, 0.717) is 5.56 Å². The smallest absolute Gasteiger partial charge is 0.370 e. The first-order chi connectivity index (χ1) is 9.20. The average molecular weight is 307 g/mol. The van der Waals surface area contributed by atoms with Crippen molar-refractivity contribution in [1.29, 1.82) is 0 Å². The van der Waals surface area contributed by atoms with Gasteiger partial charge in [-0.2, -0.15) is 18.2 Å². The number of rotatable bonds is 2. The number of benzene rings is 1. The SMILES string of the molecule is NC(N)=NC(=O)C1NC1c1ccc(Cl)c(C(F)(F)F)c1. The molecule has 0 radical (unpaired) electrons. The molecule has 1 fully saturated rings. The Morgan fingerprint density at radius 2 is 2.00 bits per heavy atom. The summed E-state index contributed by atoms with van der Waals surface area (Å²) in [5.74, 6) is -1.02. The number of hydrogen-bond acceptors (Lipinski definition) is 2. The third kappa shape index (κ3) is 3.02. The van der Waals surface area contributed by atoms with Crippen molar-refractivity contribution in [3.8, 4) is 0 Å². The zero-order chi connectivity index (χ0) is 15.1. The fourth-order valence-electron chi connectivity index (χ4n) is 1.79. The molecule has 9 heteroatoms. The Balaban J connectivity index is 2.21. The van der Waals surface area contributed by atoms with E-state index in [1.54, 1.807) is 0 Å². The van der Waals surface area contributed by atoms with Gasteiger partial charge < -0.3 is 11.5 Å². The summed E-state index contributed by atoms with van der Waals surface area (Å²) in [6.45, 7) is 0. The van der Waals surface area contributed by atoms with Gasteiger partial charge in [-0.05, 0) is 17.7 Å². The predicted octanol–water partition coefficient (Wildman–Crippen LogP) is 1.17. The van der Waals surface area contributed by atoms with Crippen LogP contribution in [0.2, 0.25) is 5.02 Å². The molecule has 2 unspecified atom stereocenters. The van der Waals surface area contributed by atoms with Gasteiger partial charge in [-0.15, -0.1) is 0 Å². The fraction of sp³-hybridized carbons (Fsp3) is 0.273. The van der Waals surface area contributed by atoms with E-state index in [0.717, 1.165) is 12.1 Å². The molecular weight excluding hydrogens is 297 g/mol. The first kappa shape index (κ1) is 14.6. The van der Waals surface area contributed by atoms with Crippen molar-refractivity contribution in [2.45, 2.75) is 18.3 Å². The molecule has 5 nitrogen and oxygen atoms in total. The molecule has 1 aromatic carbocycles. The number of hydrogen-bond donors (Lipinski definition) is 3. The third-order valence-electron chi connectivity index (χ3n) is 2.74. The summed E-state index contributed by atoms with van der Waals surface area (Å²) in [5, 5.41) is 2.32. The number of nitrogens with one attached hydrogen (secondary N) is 1. The Morgan fingerprint density at radius 1 is 1.35 bits per heavy atom. The van der Waals surface area contributed by atoms with Gasteiger partial charge in [0.05, 0.1) is 16.6 Å². The lowest BCUT2D eigenvalue weighted by Gasteiger charge is -2.10. The number of carbonyl (C=O) groups excluding carboxylic acids is 1. The lowest BCUT2D eigenvalue weighted by atomic mass is 10.1. The van der Waals surface area contributed by atoms with Crippen LogP contribution in [0.5, 0.6) is 0 Å². The maximum absolute atomic E-state index is 12.7. The lowest BCUT2D eigenvalue weighted by Crippen LogP contribution is -2.25. The van der Waals surface area contributed by atoms with E-state index >= 15 is 0 Å². The molecule has 0 spiro atoms. The highest BCUT2D eigenvalue weighted by molar-refractivity contribution is 6.31. The van der Waals surface area contributed by atoms with Crippen molar-refractivity contribution in [1.82, 2.24) is 5.32 Å². The number of alkyl halides is 3. The van der Waals surface area contributed by atoms with E-state index in [4.69, 9.17) is 23.1 Å². The second kappa shape index (κ2) is 4.95. The van der Waals surface area contributed by atoms with Gasteiger partial charge in [0.15, 0.2) is 5.96 Å². The minimum absolute atomic E-state index is 0.297. The average Bonchev–Trinajstić information content (AvgIpc) is 3.07. The largest absolute Gasteiger partial charge is 0.417 e. The number of aliphatic imine (C=N–C) groups is 1. The van der Waals surface area contributed by atoms with Crippen LogP contribution in [0.15, 0.2) is 23.2 Å². The van der Waals surface area contributed by atoms with Crippen LogP contribution in [0, 0.1) is 0 Å². The van der Waals surface area contributed by atoms with Crippen molar-refractivity contribution in [3.05, 3.63) is 34.3 Å². The normalized spacial score (nSPS) is 21.4. The van der Waals surface area contributed by atoms with Crippen molar-refractivity contribution < 1.29 is 18.0 Å². The Labute approximate surface area is 116 Å². The molecule has 1 aromatic rings. The number of guanidine groups is 1. The molecule has 1 aliphatic rings. The molecule has 0 bridgehead atoms. The molecular formula is C11H10ClF3N4O. The van der Waals surface area contributed by atoms with E-state index in [1.807, 2.05) is 0 Å². The summed E-state index contributed by atoms with van der Waals surface area (Å²) in [6.07, 6.45) is -4.55. The Morgan fingerprint density at radius 3 is 2.55 bits per heavy atom. The highest BCUT2D eigenvalue weighted by atomic mass is 35.5. The molecule has 0 saturated carbocycles. The van der Waals surface area contributed by atoms with Gasteiger partial charge in [0.25, 0.3) is 5.91 Å². The number of halogens is 4. The second-order valence-electron chi connectivity index (χ2n) is 4.23. The van der Waals surface area contributed by atoms with Crippen molar-refractivity contribution >= 4 is 23.5 Å². The summed E-state index contributed by atoms with van der Waals surface area (Å²) in [7, 11) is 0. The maximum atomic E-state index is 12.7. The number of nitrogens with zero attached hydrogens (tertiary/aromatic N) is 1. The molecule has 0 aromatic heterocycles. The number of carbonyl (C=O) groups is 1. The van der Waals surface area contributed by atoms with Gasteiger partial charge >= 0.3 is 6.18 Å². The van der Waals surface area contributed by atoms with Gasteiger partial charge in [0.1, 0.15) is 6.04 Å². The molecule has 108 valence electrons. The molecule has 2 atom stereocenters. The van der Waals surface area contributed by atoms with Crippen molar-refractivity contribution in [2.75, 3.05) is 0 Å². The van der Waals surface area contributed by atoms with Crippen molar-refractivity contribution in [3.63, 3.8) is 0 Å². The van der Waals surface area contributed by atoms with E-state index in [1.165, 1.54) is 6.07 Å². The maximum Gasteiger partial charge on any atom is 0.417 e. The minimum atomic E-state index is -4.55. The summed E-state index contributed by atoms with van der Waals surface area (Å²) < 4.78 is 38.1. The molecule has 1 amide bonds. The van der Waals surface area contributed by atoms with Crippen LogP contribution in [0.4, 0.5) is 13.2 Å². The molecule has 5 N–H and O–H groups in total. The van der Waals surface area contributed by atoms with Crippen LogP contribution in [-0.4, -0.2) is 17.9 Å². The van der Waals surface area contributed by atoms with E-state index in [2.05, 4.69) is 10.3 Å². The van der Waals surface area contributed by atoms with Gasteiger partial charge in [-0.1, -0.05) is 17.7 Å². The molecule has 2 rings (SSSR count). The monoisotopic (exact) mass is 306 g/mol. The third-order valence-corrected chi connectivity index (χ3v) is 3.07. The summed E-state index contributed by atoms with van der Waals surface area (Å²) in [4.78, 5) is 14.8. The van der Waals surface area contributed by atoms with Crippen molar-refractivity contribution in [2.24, 2.45) is 16.5 Å². The van der Waals surface area contributed by atoms with Crippen LogP contribution in [-0.2, 0) is 11.0 Å². The van der Waals surface area contributed by atoms with Gasteiger partial charge in [-0.3, -0.25) is 10.1 Å². The highest BCUT2D eigenvalue weighted by Gasteiger charge is 2.44. The topological polar surface area (TPSA) is 103 Å². The Kier molecular flexibility index (Phi) is 3.61. The first-order valence-corrected chi connectivity index (χ1v) is 5.84. The Hall–Kier alpha value is -1.80. The second-order valence-corrected chi connectivity index (χ2v) is 4.64. The van der Waals surface area contributed by atoms with Crippen LogP contribution < -0.4 is 16.8 Å². The minimum Gasteiger partial charge on any atom is -0.370 e. The van der Waals surface area contributed by atoms with E-state index in [9.17, 15) is 18.0 Å². The zero-order valence-corrected chi connectivity index (χ0v) is 10.7. The quantitative estimate of drug-likeness (QED) is 0.433. The van der Waals surface area contributed by atoms with Gasteiger partial charge in [0, 0.05) is 0 Å². The standard InChI is InChI=1S/C11H10ClF3N4O/c12-6-2-1-4(3-5(6)11(13,14)15)7-8(18-7)9(20)19-10(16)17/h1-3,7-8,18H,(H4,16,17,19,20). The Bertz CT molecular complexity index is 584. The lowest BCUT2D eigenvalue weighted by molar-refractivity contribution is -0.137. The molecule has 0 aliphatic carbocycles. The number of amides is 1. The van der Waals surface area contributed by atoms with Gasteiger partial charge in [-0.25, -0.2) is 0 Å². The molecule has 1 saturated heterocycles. The molecule has 1 heterocycles. The summed E-state index contributed by atoms with van der Waals surface area (Å²) in [5.41, 5.74) is 9.47. The van der Waals surface area contributed by atoms with Crippen LogP contribution >= 0.6 is 11.6 Å². The molecule has 1 aliphatic heterocycles. The van der Waals surface area contributed by atoms with Crippen LogP contribution in [0.25, 0.3) is 0 Å². The van der Waals surface area contributed by atoms with E-state index in [-0.39, 0.29) is 0 Å². The summed E-state index contributed by atoms with van der Waals surface area (Å²) in [6, 6.07) is 2.19. The van der Waals surface area contributed by atoms with Crippen LogP contribution in [0.3, 0.4) is 0 Å². The summed E-state index contributed by atoms with van der Waals surface area (Å²) >= 11 is 5.51. The zero-order valence-electron chi connectivity index (χ0n) is 9.91. The highest BCUT2D eigenvalue weighted by Crippen LogP contribution is 2.39. The predicted molar refractivity (Wildman–Crippen MR) is 66.9 cm³/mol. The van der Waals surface area contributed by atoms with Crippen LogP contribution in [0.1, 0.15) is 17.2 Å². The number of nitrogens with two attached hydrogens (primary N) is 2. The van der Waals surface area contributed by atoms with E-state index < -0.39 is 40.7 Å². The first-order valence-electron chi connectivity index (χ1n) is 5.46.